The second kappa shape index (κ2) is 5.08. The Kier molecular flexibility index (Phi) is 3.66. The number of benzene rings is 1. The van der Waals surface area contributed by atoms with Crippen LogP contribution in [-0.4, -0.2) is 30.9 Å². The van der Waals surface area contributed by atoms with Gasteiger partial charge in [0, 0.05) is 17.5 Å². The fraction of sp³-hybridized carbons (Fsp3) is 0.417. The van der Waals surface area contributed by atoms with Crippen molar-refractivity contribution in [3.8, 4) is 0 Å². The van der Waals surface area contributed by atoms with E-state index in [0.717, 1.165) is 5.69 Å². The topological polar surface area (TPSA) is 92.2 Å². The Morgan fingerprint density at radius 2 is 2.16 bits per heavy atom. The maximum atomic E-state index is 11.5. The van der Waals surface area contributed by atoms with Gasteiger partial charge in [-0.25, -0.2) is 13.2 Å². The summed E-state index contributed by atoms with van der Waals surface area (Å²) in [5, 5.41) is 3.09. The molecule has 0 saturated heterocycles. The van der Waals surface area contributed by atoms with Crippen LogP contribution in [0.25, 0.3) is 11.1 Å². The predicted molar refractivity (Wildman–Crippen MR) is 74.2 cm³/mol. The van der Waals surface area contributed by atoms with E-state index in [0.29, 0.717) is 11.1 Å². The van der Waals surface area contributed by atoms with Gasteiger partial charge in [0.25, 0.3) is 0 Å². The number of hydrogen-bond acceptors (Lipinski definition) is 5. The first-order valence-corrected chi connectivity index (χ1v) is 7.81. The highest BCUT2D eigenvalue weighted by atomic mass is 32.2. The predicted octanol–water partition coefficient (Wildman–Crippen LogP) is 1.36. The lowest BCUT2D eigenvalue weighted by Gasteiger charge is -2.14. The lowest BCUT2D eigenvalue weighted by Crippen LogP contribution is -2.26. The van der Waals surface area contributed by atoms with Crippen LogP contribution in [0.5, 0.6) is 0 Å². The van der Waals surface area contributed by atoms with E-state index in [-0.39, 0.29) is 17.5 Å². The average molecular weight is 284 g/mol. The number of rotatable bonds is 5. The molecule has 1 unspecified atom stereocenters. The van der Waals surface area contributed by atoms with E-state index < -0.39 is 15.6 Å². The lowest BCUT2D eigenvalue weighted by molar-refractivity contribution is 0.555. The van der Waals surface area contributed by atoms with Crippen molar-refractivity contribution in [1.29, 1.82) is 0 Å². The number of aromatic amines is 1. The Hall–Kier alpha value is -1.76. The zero-order valence-electron chi connectivity index (χ0n) is 10.8. The molecule has 104 valence electrons. The van der Waals surface area contributed by atoms with Crippen LogP contribution in [0.2, 0.25) is 0 Å². The second-order valence-corrected chi connectivity index (χ2v) is 6.87. The Bertz CT molecular complexity index is 730. The fourth-order valence-corrected chi connectivity index (χ4v) is 2.95. The molecule has 2 aromatic rings. The molecule has 1 heterocycles. The number of nitrogens with one attached hydrogen (secondary N) is 2. The molecule has 1 atom stereocenters. The van der Waals surface area contributed by atoms with Crippen molar-refractivity contribution in [3.63, 3.8) is 0 Å². The molecule has 0 spiro atoms. The number of aromatic nitrogens is 1. The molecule has 2 rings (SSSR count). The first kappa shape index (κ1) is 13.7. The van der Waals surface area contributed by atoms with E-state index in [1.165, 1.54) is 0 Å². The van der Waals surface area contributed by atoms with Gasteiger partial charge >= 0.3 is 5.76 Å². The summed E-state index contributed by atoms with van der Waals surface area (Å²) in [5.74, 6) is -0.301. The maximum Gasteiger partial charge on any atom is 0.417 e. The summed E-state index contributed by atoms with van der Waals surface area (Å²) >= 11 is 0. The number of H-pyrrole nitrogens is 1. The summed E-state index contributed by atoms with van der Waals surface area (Å²) in [7, 11) is -3.02. The van der Waals surface area contributed by atoms with Crippen LogP contribution in [-0.2, 0) is 9.84 Å². The van der Waals surface area contributed by atoms with Gasteiger partial charge in [-0.3, -0.25) is 4.98 Å². The Morgan fingerprint density at radius 1 is 1.42 bits per heavy atom. The third kappa shape index (κ3) is 3.37. The van der Waals surface area contributed by atoms with Crippen molar-refractivity contribution in [1.82, 2.24) is 4.98 Å². The standard InChI is InChI=1S/C12H16N2O4S/c1-3-19(16,17)7-8(2)13-9-4-5-11-10(6-9)14-12(15)18-11/h4-6,8,13H,3,7H2,1-2H3,(H,14,15). The number of hydrogen-bond donors (Lipinski definition) is 2. The van der Waals surface area contributed by atoms with Crippen LogP contribution in [0.1, 0.15) is 13.8 Å². The minimum atomic E-state index is -3.02. The molecular formula is C12H16N2O4S. The van der Waals surface area contributed by atoms with E-state index in [4.69, 9.17) is 4.42 Å². The molecule has 0 amide bonds. The van der Waals surface area contributed by atoms with Crippen LogP contribution in [0, 0.1) is 0 Å². The molecule has 0 radical (unpaired) electrons. The normalized spacial score (nSPS) is 13.6. The van der Waals surface area contributed by atoms with Crippen molar-refractivity contribution >= 4 is 26.6 Å². The quantitative estimate of drug-likeness (QED) is 0.864. The van der Waals surface area contributed by atoms with Crippen molar-refractivity contribution in [2.75, 3.05) is 16.8 Å². The molecule has 1 aromatic heterocycles. The highest BCUT2D eigenvalue weighted by Crippen LogP contribution is 2.17. The molecule has 19 heavy (non-hydrogen) atoms. The Morgan fingerprint density at radius 3 is 2.84 bits per heavy atom. The van der Waals surface area contributed by atoms with E-state index in [1.807, 2.05) is 0 Å². The summed E-state index contributed by atoms with van der Waals surface area (Å²) < 4.78 is 27.9. The van der Waals surface area contributed by atoms with E-state index in [2.05, 4.69) is 10.3 Å². The molecule has 0 aliphatic rings. The summed E-state index contributed by atoms with van der Waals surface area (Å²) in [6.45, 7) is 3.43. The second-order valence-electron chi connectivity index (χ2n) is 4.47. The van der Waals surface area contributed by atoms with E-state index in [1.54, 1.807) is 32.0 Å². The maximum absolute atomic E-state index is 11.5. The van der Waals surface area contributed by atoms with Crippen LogP contribution in [0.4, 0.5) is 5.69 Å². The van der Waals surface area contributed by atoms with Crippen LogP contribution < -0.4 is 11.1 Å². The van der Waals surface area contributed by atoms with Gasteiger partial charge in [0.2, 0.25) is 0 Å². The van der Waals surface area contributed by atoms with E-state index >= 15 is 0 Å². The summed E-state index contributed by atoms with van der Waals surface area (Å²) in [5.41, 5.74) is 1.80. The van der Waals surface area contributed by atoms with Gasteiger partial charge in [-0.2, -0.15) is 0 Å². The molecule has 0 fully saturated rings. The van der Waals surface area contributed by atoms with Gasteiger partial charge in [-0.15, -0.1) is 0 Å². The molecule has 1 aromatic carbocycles. The van der Waals surface area contributed by atoms with Gasteiger partial charge < -0.3 is 9.73 Å². The SMILES string of the molecule is CCS(=O)(=O)CC(C)Nc1ccc2oc(=O)[nH]c2c1. The van der Waals surface area contributed by atoms with Crippen molar-refractivity contribution < 1.29 is 12.8 Å². The van der Waals surface area contributed by atoms with Crippen LogP contribution >= 0.6 is 0 Å². The monoisotopic (exact) mass is 284 g/mol. The minimum Gasteiger partial charge on any atom is -0.408 e. The van der Waals surface area contributed by atoms with E-state index in [9.17, 15) is 13.2 Å². The molecule has 2 N–H and O–H groups in total. The molecular weight excluding hydrogens is 268 g/mol. The third-order valence-corrected chi connectivity index (χ3v) is 4.66. The summed E-state index contributed by atoms with van der Waals surface area (Å²) in [6.07, 6.45) is 0. The highest BCUT2D eigenvalue weighted by molar-refractivity contribution is 7.91. The first-order valence-electron chi connectivity index (χ1n) is 5.99. The fourth-order valence-electron chi connectivity index (χ4n) is 1.87. The van der Waals surface area contributed by atoms with Crippen molar-refractivity contribution in [2.24, 2.45) is 0 Å². The summed E-state index contributed by atoms with van der Waals surface area (Å²) in [6, 6.07) is 4.92. The molecule has 6 nitrogen and oxygen atoms in total. The molecule has 0 bridgehead atoms. The number of anilines is 1. The van der Waals surface area contributed by atoms with Crippen LogP contribution in [0.3, 0.4) is 0 Å². The third-order valence-electron chi connectivity index (χ3n) is 2.78. The van der Waals surface area contributed by atoms with Gasteiger partial charge in [0.1, 0.15) is 0 Å². The zero-order chi connectivity index (χ0) is 14.0. The highest BCUT2D eigenvalue weighted by Gasteiger charge is 2.13. The summed E-state index contributed by atoms with van der Waals surface area (Å²) in [4.78, 5) is 13.6. The lowest BCUT2D eigenvalue weighted by atomic mass is 10.2. The number of oxazole rings is 1. The number of sulfone groups is 1. The zero-order valence-corrected chi connectivity index (χ0v) is 11.6. The first-order chi connectivity index (χ1) is 8.89. The molecule has 7 heteroatoms. The van der Waals surface area contributed by atoms with Crippen molar-refractivity contribution in [3.05, 3.63) is 28.7 Å². The smallest absolute Gasteiger partial charge is 0.408 e. The molecule has 0 saturated carbocycles. The van der Waals surface area contributed by atoms with Crippen LogP contribution in [0.15, 0.2) is 27.4 Å². The minimum absolute atomic E-state index is 0.0729. The molecule has 0 aliphatic carbocycles. The Balaban J connectivity index is 2.14. The van der Waals surface area contributed by atoms with Gasteiger partial charge in [-0.05, 0) is 25.1 Å². The van der Waals surface area contributed by atoms with Gasteiger partial charge in [-0.1, -0.05) is 6.92 Å². The average Bonchev–Trinajstić information content (AvgIpc) is 2.67. The van der Waals surface area contributed by atoms with Gasteiger partial charge in [0.05, 0.1) is 11.3 Å². The Labute approximate surface area is 110 Å². The van der Waals surface area contributed by atoms with Crippen molar-refractivity contribution in [2.45, 2.75) is 19.9 Å². The number of fused-ring (bicyclic) bond motifs is 1. The molecule has 0 aliphatic heterocycles. The largest absolute Gasteiger partial charge is 0.417 e. The van der Waals surface area contributed by atoms with Gasteiger partial charge in [0.15, 0.2) is 15.4 Å².